The maximum Gasteiger partial charge on any atom is 0.446 e. The van der Waals surface area contributed by atoms with Gasteiger partial charge in [-0.2, -0.15) is 13.2 Å². The third kappa shape index (κ3) is 4.34. The zero-order valence-corrected chi connectivity index (χ0v) is 14.1. The summed E-state index contributed by atoms with van der Waals surface area (Å²) in [5.74, 6) is 0. The molecule has 1 nitrogen and oxygen atoms in total. The largest absolute Gasteiger partial charge is 0.446 e. The number of nitrogens with zero attached hydrogens (tertiary/aromatic N) is 1. The van der Waals surface area contributed by atoms with Crippen LogP contribution in [0, 0.1) is 5.41 Å². The summed E-state index contributed by atoms with van der Waals surface area (Å²) >= 11 is 8.13. The molecule has 0 fully saturated rings. The van der Waals surface area contributed by atoms with Crippen molar-refractivity contribution in [1.82, 2.24) is 4.90 Å². The quantitative estimate of drug-likeness (QED) is 0.351. The summed E-state index contributed by atoms with van der Waals surface area (Å²) in [5, 5.41) is 3.01. The molecule has 19 heavy (non-hydrogen) atoms. The van der Waals surface area contributed by atoms with E-state index in [1.54, 1.807) is 18.2 Å². The van der Waals surface area contributed by atoms with E-state index < -0.39 is 5.51 Å². The van der Waals surface area contributed by atoms with Crippen molar-refractivity contribution in [1.29, 1.82) is 0 Å². The fourth-order valence-electron chi connectivity index (χ4n) is 1.49. The van der Waals surface area contributed by atoms with Gasteiger partial charge in [0.15, 0.2) is 0 Å². The molecule has 0 saturated heterocycles. The van der Waals surface area contributed by atoms with Crippen molar-refractivity contribution in [2.75, 3.05) is 0 Å². The summed E-state index contributed by atoms with van der Waals surface area (Å²) in [6.07, 6.45) is 0. The smallest absolute Gasteiger partial charge is 0.339 e. The second kappa shape index (κ2) is 6.32. The Kier molecular flexibility index (Phi) is 5.19. The Morgan fingerprint density at radius 2 is 2.05 bits per heavy atom. The molecule has 1 unspecified atom stereocenters. The summed E-state index contributed by atoms with van der Waals surface area (Å²) in [6.45, 7) is 0.385. The van der Waals surface area contributed by atoms with Crippen LogP contribution in [-0.2, 0) is 6.54 Å². The number of rotatable bonds is 3. The van der Waals surface area contributed by atoms with Gasteiger partial charge in [0.2, 0.25) is 0 Å². The summed E-state index contributed by atoms with van der Waals surface area (Å²) in [5.41, 5.74) is -3.64. The van der Waals surface area contributed by atoms with E-state index in [0.29, 0.717) is 12.1 Å². The highest BCUT2D eigenvalue weighted by atomic mass is 79.9. The van der Waals surface area contributed by atoms with E-state index in [-0.39, 0.29) is 20.9 Å². The molecule has 103 valence electrons. The highest BCUT2D eigenvalue weighted by Crippen LogP contribution is 2.41. The highest BCUT2D eigenvalue weighted by Gasteiger charge is 2.31. The number of thioether (sulfide) groups is 2. The predicted octanol–water partition coefficient (Wildman–Crippen LogP) is 5.52. The molecule has 0 saturated carbocycles. The minimum Gasteiger partial charge on any atom is -0.339 e. The Balaban J connectivity index is 2.18. The van der Waals surface area contributed by atoms with Crippen LogP contribution in [-0.4, -0.2) is 14.7 Å². The number of benzene rings is 1. The summed E-state index contributed by atoms with van der Waals surface area (Å²) in [4.78, 5) is 2.12. The predicted molar refractivity (Wildman–Crippen MR) is 79.9 cm³/mol. The van der Waals surface area contributed by atoms with E-state index in [0.717, 1.165) is 4.61 Å². The minimum atomic E-state index is -4.27. The van der Waals surface area contributed by atoms with Gasteiger partial charge in [-0.15, -0.1) is 0 Å². The number of alkyl halides is 4. The Hall–Kier alpha value is 0.210. The molecule has 0 bridgehead atoms. The molecule has 0 aliphatic carbocycles. The van der Waals surface area contributed by atoms with Gasteiger partial charge in [0.05, 0.1) is 10.0 Å². The molecular weight excluding hydrogens is 427 g/mol. The zero-order valence-electron chi connectivity index (χ0n) is 9.25. The first-order valence-corrected chi connectivity index (χ1v) is 8.46. The average molecular weight is 434 g/mol. The molecule has 2 rings (SSSR count). The third-order valence-electron chi connectivity index (χ3n) is 2.28. The Morgan fingerprint density at radius 1 is 1.37 bits per heavy atom. The SMILES string of the molecule is FC(F)(F)Sc1ccccc1CN1C(Br)=[C]SC1Br. The van der Waals surface area contributed by atoms with Crippen molar-refractivity contribution in [3.05, 3.63) is 39.8 Å². The van der Waals surface area contributed by atoms with E-state index in [2.05, 4.69) is 37.3 Å². The van der Waals surface area contributed by atoms with Gasteiger partial charge in [0.25, 0.3) is 0 Å². The van der Waals surface area contributed by atoms with Crippen LogP contribution in [0.4, 0.5) is 13.2 Å². The molecule has 1 aromatic carbocycles. The highest BCUT2D eigenvalue weighted by molar-refractivity contribution is 9.12. The standard InChI is InChI=1S/C11H7Br2F3NS2/c12-9-6-18-10(13)17(9)5-7-3-1-2-4-8(7)19-11(14,15)16/h1-4,10H,5H2. The molecule has 0 spiro atoms. The molecule has 1 radical (unpaired) electrons. The lowest BCUT2D eigenvalue weighted by atomic mass is 10.2. The fraction of sp³-hybridized carbons (Fsp3) is 0.273. The van der Waals surface area contributed by atoms with E-state index in [4.69, 9.17) is 0 Å². The Labute approximate surface area is 134 Å². The van der Waals surface area contributed by atoms with E-state index in [1.807, 2.05) is 4.90 Å². The normalized spacial score (nSPS) is 19.7. The topological polar surface area (TPSA) is 3.24 Å². The number of hydrogen-bond acceptors (Lipinski definition) is 3. The van der Waals surface area contributed by atoms with Gasteiger partial charge in [-0.1, -0.05) is 45.9 Å². The molecule has 1 aromatic rings. The van der Waals surface area contributed by atoms with Crippen LogP contribution in [0.2, 0.25) is 0 Å². The van der Waals surface area contributed by atoms with Gasteiger partial charge < -0.3 is 4.90 Å². The van der Waals surface area contributed by atoms with E-state index >= 15 is 0 Å². The molecule has 1 heterocycles. The van der Waals surface area contributed by atoms with Crippen LogP contribution < -0.4 is 0 Å². The average Bonchev–Trinajstić information content (AvgIpc) is 2.61. The third-order valence-corrected chi connectivity index (χ3v) is 5.86. The summed E-state index contributed by atoms with van der Waals surface area (Å²) in [7, 11) is 0. The van der Waals surface area contributed by atoms with Crippen molar-refractivity contribution in [3.63, 3.8) is 0 Å². The second-order valence-electron chi connectivity index (χ2n) is 3.59. The maximum atomic E-state index is 12.5. The lowest BCUT2D eigenvalue weighted by Gasteiger charge is -2.23. The lowest BCUT2D eigenvalue weighted by Crippen LogP contribution is -2.22. The van der Waals surface area contributed by atoms with Gasteiger partial charge in [-0.25, -0.2) is 0 Å². The molecule has 8 heteroatoms. The van der Waals surface area contributed by atoms with Gasteiger partial charge in [-0.3, -0.25) is 0 Å². The van der Waals surface area contributed by atoms with E-state index in [9.17, 15) is 13.2 Å². The maximum absolute atomic E-state index is 12.5. The first-order valence-electron chi connectivity index (χ1n) is 5.05. The Bertz CT molecular complexity index is 493. The van der Waals surface area contributed by atoms with Gasteiger partial charge >= 0.3 is 5.51 Å². The molecule has 0 N–H and O–H groups in total. The van der Waals surface area contributed by atoms with Crippen LogP contribution in [0.15, 0.2) is 33.8 Å². The first kappa shape index (κ1) is 15.6. The second-order valence-corrected chi connectivity index (χ2v) is 7.80. The minimum absolute atomic E-state index is 0.0224. The molecule has 0 amide bonds. The van der Waals surface area contributed by atoms with Crippen LogP contribution in [0.3, 0.4) is 0 Å². The summed E-state index contributed by atoms with van der Waals surface area (Å²) in [6, 6.07) is 6.54. The molecule has 0 aromatic heterocycles. The number of halogens is 5. The van der Waals surface area contributed by atoms with Gasteiger partial charge in [-0.05, 0) is 39.3 Å². The Morgan fingerprint density at radius 3 is 2.63 bits per heavy atom. The molecular formula is C11H7Br2F3NS2. The van der Waals surface area contributed by atoms with Gasteiger partial charge in [0.1, 0.15) is 4.28 Å². The molecule has 1 aliphatic rings. The molecule has 1 aliphatic heterocycles. The van der Waals surface area contributed by atoms with Crippen LogP contribution in [0.1, 0.15) is 5.56 Å². The van der Waals surface area contributed by atoms with Crippen LogP contribution in [0.5, 0.6) is 0 Å². The van der Waals surface area contributed by atoms with Crippen molar-refractivity contribution in [3.8, 4) is 0 Å². The zero-order chi connectivity index (χ0) is 14.0. The lowest BCUT2D eigenvalue weighted by molar-refractivity contribution is -0.0328. The van der Waals surface area contributed by atoms with Crippen molar-refractivity contribution >= 4 is 55.4 Å². The van der Waals surface area contributed by atoms with Crippen molar-refractivity contribution in [2.45, 2.75) is 21.2 Å². The fourth-order valence-corrected chi connectivity index (χ4v) is 4.42. The first-order chi connectivity index (χ1) is 8.87. The van der Waals surface area contributed by atoms with Crippen molar-refractivity contribution in [2.24, 2.45) is 0 Å². The molecule has 1 atom stereocenters. The monoisotopic (exact) mass is 432 g/mol. The van der Waals surface area contributed by atoms with E-state index in [1.165, 1.54) is 17.8 Å². The van der Waals surface area contributed by atoms with Gasteiger partial charge in [0, 0.05) is 11.4 Å². The van der Waals surface area contributed by atoms with Crippen molar-refractivity contribution < 1.29 is 13.2 Å². The summed E-state index contributed by atoms with van der Waals surface area (Å²) < 4.78 is 38.2. The van der Waals surface area contributed by atoms with Crippen LogP contribution in [0.25, 0.3) is 0 Å². The van der Waals surface area contributed by atoms with Crippen LogP contribution >= 0.6 is 55.4 Å². The number of hydrogen-bond donors (Lipinski definition) is 0.